The second-order valence-corrected chi connectivity index (χ2v) is 5.08. The molecule has 1 aliphatic carbocycles. The molecule has 0 radical (unpaired) electrons. The van der Waals surface area contributed by atoms with Crippen molar-refractivity contribution >= 4 is 24.5 Å². The molecule has 0 unspecified atom stereocenters. The van der Waals surface area contributed by atoms with Gasteiger partial charge >= 0.3 is 5.97 Å². The molecule has 0 saturated heterocycles. The van der Waals surface area contributed by atoms with E-state index in [0.717, 1.165) is 0 Å². The molecule has 1 aliphatic rings. The van der Waals surface area contributed by atoms with Crippen molar-refractivity contribution in [2.75, 3.05) is 5.75 Å². The fourth-order valence-electron chi connectivity index (χ4n) is 1.64. The quantitative estimate of drug-likeness (QED) is 0.228. The van der Waals surface area contributed by atoms with Crippen LogP contribution in [0.25, 0.3) is 0 Å². The Bertz CT molecular complexity index is 324. The third-order valence-electron chi connectivity index (χ3n) is 2.96. The van der Waals surface area contributed by atoms with E-state index in [1.54, 1.807) is 0 Å². The second kappa shape index (κ2) is 9.25. The van der Waals surface area contributed by atoms with Gasteiger partial charge in [-0.15, -0.1) is 0 Å². The van der Waals surface area contributed by atoms with Crippen LogP contribution < -0.4 is 5.32 Å². The summed E-state index contributed by atoms with van der Waals surface area (Å²) in [7, 11) is 0. The van der Waals surface area contributed by atoms with Crippen molar-refractivity contribution in [3.05, 3.63) is 0 Å². The normalized spacial score (nSPS) is 35.8. The number of carboxylic acids is 1. The highest BCUT2D eigenvalue weighted by Gasteiger charge is 2.47. The standard InChI is InChI=1S/C6H12O6.C5H9NO3S/c7-1-2(8)4(10)6(12)5(11)3(1)9;1-3(7)6-4(2-10)5(8)9/h1-12H;4,10H,2H2,1H3,(H,6,7)(H,8,9)/t;4-/m.0/s1. The fraction of sp³-hybridized carbons (Fsp3) is 0.818. The lowest BCUT2D eigenvalue weighted by atomic mass is 9.85. The van der Waals surface area contributed by atoms with E-state index >= 15 is 0 Å². The second-order valence-electron chi connectivity index (χ2n) is 4.72. The highest BCUT2D eigenvalue weighted by atomic mass is 32.1. The zero-order valence-electron chi connectivity index (χ0n) is 11.6. The molecule has 10 nitrogen and oxygen atoms in total. The maximum atomic E-state index is 10.3. The summed E-state index contributed by atoms with van der Waals surface area (Å²) in [6.07, 6.45) is -9.84. The number of aliphatic carboxylic acids is 1. The average Bonchev–Trinajstić information content (AvgIpc) is 2.46. The molecular weight excluding hydrogens is 322 g/mol. The number of nitrogens with one attached hydrogen (secondary N) is 1. The maximum Gasteiger partial charge on any atom is 0.327 e. The first-order valence-electron chi connectivity index (χ1n) is 6.23. The molecule has 1 saturated carbocycles. The minimum Gasteiger partial charge on any atom is -0.480 e. The van der Waals surface area contributed by atoms with Gasteiger partial charge in [0.05, 0.1) is 0 Å². The van der Waals surface area contributed by atoms with Crippen molar-refractivity contribution in [3.8, 4) is 0 Å². The van der Waals surface area contributed by atoms with E-state index < -0.39 is 48.6 Å². The van der Waals surface area contributed by atoms with Gasteiger partial charge in [-0.3, -0.25) is 4.79 Å². The van der Waals surface area contributed by atoms with Gasteiger partial charge in [0.15, 0.2) is 0 Å². The van der Waals surface area contributed by atoms with Gasteiger partial charge in [0, 0.05) is 12.7 Å². The topological polar surface area (TPSA) is 188 Å². The minimum absolute atomic E-state index is 0.106. The maximum absolute atomic E-state index is 10.3. The molecular formula is C11H21NO9S. The largest absolute Gasteiger partial charge is 0.480 e. The molecule has 0 bridgehead atoms. The SMILES string of the molecule is CC(=O)N[C@@H](CS)C(=O)O.OC1C(O)C(O)C(O)C(O)C1O. The molecule has 0 aromatic heterocycles. The van der Waals surface area contributed by atoms with Crippen LogP contribution in [0.1, 0.15) is 6.92 Å². The van der Waals surface area contributed by atoms with Crippen LogP contribution in [0.3, 0.4) is 0 Å². The van der Waals surface area contributed by atoms with Gasteiger partial charge in [0.1, 0.15) is 42.7 Å². The Morgan fingerprint density at radius 2 is 1.18 bits per heavy atom. The highest BCUT2D eigenvalue weighted by Crippen LogP contribution is 2.20. The number of hydrogen-bond donors (Lipinski definition) is 9. The zero-order valence-corrected chi connectivity index (χ0v) is 12.5. The molecule has 8 N–H and O–H groups in total. The minimum atomic E-state index is -1.64. The first-order valence-corrected chi connectivity index (χ1v) is 6.87. The predicted molar refractivity (Wildman–Crippen MR) is 75.1 cm³/mol. The molecule has 130 valence electrons. The molecule has 11 heteroatoms. The Hall–Kier alpha value is -0.950. The van der Waals surface area contributed by atoms with Crippen molar-refractivity contribution in [1.82, 2.24) is 5.32 Å². The van der Waals surface area contributed by atoms with E-state index in [9.17, 15) is 9.59 Å². The van der Waals surface area contributed by atoms with Crippen LogP contribution in [0.4, 0.5) is 0 Å². The van der Waals surface area contributed by atoms with E-state index in [4.69, 9.17) is 35.7 Å². The number of aliphatic hydroxyl groups is 6. The van der Waals surface area contributed by atoms with E-state index in [-0.39, 0.29) is 11.7 Å². The Kier molecular flexibility index (Phi) is 8.85. The average molecular weight is 343 g/mol. The molecule has 1 fully saturated rings. The zero-order chi connectivity index (χ0) is 17.6. The molecule has 1 atom stereocenters. The molecule has 22 heavy (non-hydrogen) atoms. The molecule has 0 heterocycles. The van der Waals surface area contributed by atoms with Crippen LogP contribution in [-0.4, -0.2) is 96.0 Å². The first kappa shape index (κ1) is 21.0. The monoisotopic (exact) mass is 343 g/mol. The van der Waals surface area contributed by atoms with Crippen LogP contribution in [0.2, 0.25) is 0 Å². The number of carbonyl (C=O) groups excluding carboxylic acids is 1. The number of hydrogen-bond acceptors (Lipinski definition) is 9. The Balaban J connectivity index is 0.000000409. The third-order valence-corrected chi connectivity index (χ3v) is 3.32. The lowest BCUT2D eigenvalue weighted by Crippen LogP contribution is -2.63. The van der Waals surface area contributed by atoms with Gasteiger partial charge in [-0.1, -0.05) is 0 Å². The third kappa shape index (κ3) is 5.68. The van der Waals surface area contributed by atoms with Crippen LogP contribution in [-0.2, 0) is 9.59 Å². The molecule has 1 rings (SSSR count). The van der Waals surface area contributed by atoms with Crippen LogP contribution in [0, 0.1) is 0 Å². The molecule has 0 spiro atoms. The summed E-state index contributed by atoms with van der Waals surface area (Å²) >= 11 is 3.73. The smallest absolute Gasteiger partial charge is 0.327 e. The van der Waals surface area contributed by atoms with Gasteiger partial charge in [0.25, 0.3) is 0 Å². The van der Waals surface area contributed by atoms with Gasteiger partial charge < -0.3 is 41.1 Å². The number of amides is 1. The Morgan fingerprint density at radius 1 is 0.909 bits per heavy atom. The van der Waals surface area contributed by atoms with Crippen molar-refractivity contribution in [2.45, 2.75) is 49.6 Å². The first-order chi connectivity index (χ1) is 10.0. The summed E-state index contributed by atoms with van der Waals surface area (Å²) in [6.45, 7) is 1.26. The Labute approximate surface area is 131 Å². The van der Waals surface area contributed by atoms with Crippen LogP contribution in [0.5, 0.6) is 0 Å². The molecule has 0 aliphatic heterocycles. The van der Waals surface area contributed by atoms with Gasteiger partial charge in [0.2, 0.25) is 5.91 Å². The molecule has 0 aromatic carbocycles. The number of rotatable bonds is 3. The number of aliphatic hydroxyl groups excluding tert-OH is 6. The summed E-state index contributed by atoms with van der Waals surface area (Å²) in [5, 5.41) is 64.4. The molecule has 1 amide bonds. The number of thiol groups is 1. The summed E-state index contributed by atoms with van der Waals surface area (Å²) in [5.41, 5.74) is 0. The molecule has 0 aromatic rings. The van der Waals surface area contributed by atoms with E-state index in [2.05, 4.69) is 17.9 Å². The highest BCUT2D eigenvalue weighted by molar-refractivity contribution is 7.80. The number of carbonyl (C=O) groups is 2. The predicted octanol–water partition coefficient (Wildman–Crippen LogP) is -4.33. The fourth-order valence-corrected chi connectivity index (χ4v) is 1.89. The van der Waals surface area contributed by atoms with Gasteiger partial charge in [-0.05, 0) is 0 Å². The lowest BCUT2D eigenvalue weighted by Gasteiger charge is -2.39. The summed E-state index contributed by atoms with van der Waals surface area (Å²) in [6, 6.07) is -0.874. The summed E-state index contributed by atoms with van der Waals surface area (Å²) in [4.78, 5) is 20.5. The van der Waals surface area contributed by atoms with Crippen LogP contribution >= 0.6 is 12.6 Å². The van der Waals surface area contributed by atoms with E-state index in [1.807, 2.05) is 0 Å². The summed E-state index contributed by atoms with van der Waals surface area (Å²) in [5.74, 6) is -1.32. The number of carboxylic acid groups (broad SMARTS) is 1. The summed E-state index contributed by atoms with van der Waals surface area (Å²) < 4.78 is 0. The van der Waals surface area contributed by atoms with Gasteiger partial charge in [-0.25, -0.2) is 4.79 Å². The Morgan fingerprint density at radius 3 is 1.27 bits per heavy atom. The van der Waals surface area contributed by atoms with Crippen molar-refractivity contribution in [3.63, 3.8) is 0 Å². The van der Waals surface area contributed by atoms with Crippen molar-refractivity contribution < 1.29 is 45.3 Å². The van der Waals surface area contributed by atoms with Crippen molar-refractivity contribution in [2.24, 2.45) is 0 Å². The van der Waals surface area contributed by atoms with E-state index in [1.165, 1.54) is 6.92 Å². The van der Waals surface area contributed by atoms with Crippen molar-refractivity contribution in [1.29, 1.82) is 0 Å². The van der Waals surface area contributed by atoms with Gasteiger partial charge in [-0.2, -0.15) is 12.6 Å². The van der Waals surface area contributed by atoms with E-state index in [0.29, 0.717) is 0 Å². The lowest BCUT2D eigenvalue weighted by molar-refractivity contribution is -0.223. The van der Waals surface area contributed by atoms with Crippen LogP contribution in [0.15, 0.2) is 0 Å².